The first-order valence-electron chi connectivity index (χ1n) is 5.85. The number of hydrogen-bond donors (Lipinski definition) is 0. The van der Waals surface area contributed by atoms with Gasteiger partial charge in [0.05, 0.1) is 5.69 Å². The van der Waals surface area contributed by atoms with Crippen LogP contribution in [-0.4, -0.2) is 26.2 Å². The summed E-state index contributed by atoms with van der Waals surface area (Å²) in [5.74, 6) is 0. The monoisotopic (exact) mass is 226 g/mol. The molecule has 0 bridgehead atoms. The lowest BCUT2D eigenvalue weighted by atomic mass is 10.3. The van der Waals surface area contributed by atoms with E-state index in [0.29, 0.717) is 0 Å². The van der Waals surface area contributed by atoms with Crippen LogP contribution in [0.5, 0.6) is 0 Å². The Morgan fingerprint density at radius 2 is 1.47 bits per heavy atom. The quantitative estimate of drug-likeness (QED) is 0.733. The number of rotatable bonds is 6. The lowest BCUT2D eigenvalue weighted by Gasteiger charge is -2.26. The van der Waals surface area contributed by atoms with Crippen LogP contribution >= 0.6 is 11.3 Å². The maximum atomic E-state index is 2.43. The summed E-state index contributed by atoms with van der Waals surface area (Å²) >= 11 is 1.85. The highest BCUT2D eigenvalue weighted by Gasteiger charge is 2.13. The SMILES string of the molecule is CCN(CC)c1ccsc1N(CC)CC. The predicted molar refractivity (Wildman–Crippen MR) is 71.4 cm³/mol. The summed E-state index contributed by atoms with van der Waals surface area (Å²) in [5.41, 5.74) is 1.40. The third-order valence-corrected chi connectivity index (χ3v) is 3.74. The van der Waals surface area contributed by atoms with Crippen LogP contribution in [0.25, 0.3) is 0 Å². The first-order chi connectivity index (χ1) is 7.28. The fourth-order valence-electron chi connectivity index (χ4n) is 1.85. The molecule has 0 amide bonds. The van der Waals surface area contributed by atoms with Crippen molar-refractivity contribution < 1.29 is 0 Å². The van der Waals surface area contributed by atoms with E-state index in [1.54, 1.807) is 0 Å². The van der Waals surface area contributed by atoms with Crippen LogP contribution in [0.3, 0.4) is 0 Å². The second-order valence-corrected chi connectivity index (χ2v) is 4.35. The summed E-state index contributed by atoms with van der Waals surface area (Å²) < 4.78 is 0. The molecule has 0 aliphatic carbocycles. The van der Waals surface area contributed by atoms with Gasteiger partial charge in [0.25, 0.3) is 0 Å². The largest absolute Gasteiger partial charge is 0.370 e. The van der Waals surface area contributed by atoms with Crippen molar-refractivity contribution in [1.82, 2.24) is 0 Å². The smallest absolute Gasteiger partial charge is 0.115 e. The second-order valence-electron chi connectivity index (χ2n) is 3.46. The van der Waals surface area contributed by atoms with Crippen molar-refractivity contribution in [2.45, 2.75) is 27.7 Å². The van der Waals surface area contributed by atoms with Crippen molar-refractivity contribution in [2.75, 3.05) is 36.0 Å². The van der Waals surface area contributed by atoms with Crippen molar-refractivity contribution in [1.29, 1.82) is 0 Å². The Morgan fingerprint density at radius 1 is 0.933 bits per heavy atom. The van der Waals surface area contributed by atoms with Crippen LogP contribution in [0.2, 0.25) is 0 Å². The Morgan fingerprint density at radius 3 is 1.93 bits per heavy atom. The Kier molecular flexibility index (Phi) is 4.95. The van der Waals surface area contributed by atoms with Crippen molar-refractivity contribution in [3.8, 4) is 0 Å². The van der Waals surface area contributed by atoms with Crippen molar-refractivity contribution in [2.24, 2.45) is 0 Å². The summed E-state index contributed by atoms with van der Waals surface area (Å²) in [4.78, 5) is 4.85. The average Bonchev–Trinajstić information content (AvgIpc) is 2.71. The number of anilines is 2. The molecule has 0 spiro atoms. The van der Waals surface area contributed by atoms with Gasteiger partial charge in [-0.05, 0) is 39.1 Å². The molecule has 1 aromatic heterocycles. The fourth-order valence-corrected chi connectivity index (χ4v) is 2.90. The van der Waals surface area contributed by atoms with E-state index >= 15 is 0 Å². The zero-order valence-corrected chi connectivity index (χ0v) is 11.1. The van der Waals surface area contributed by atoms with Crippen molar-refractivity contribution in [3.05, 3.63) is 11.4 Å². The zero-order valence-electron chi connectivity index (χ0n) is 10.3. The molecule has 1 rings (SSSR count). The van der Waals surface area contributed by atoms with Gasteiger partial charge in [-0.25, -0.2) is 0 Å². The topological polar surface area (TPSA) is 6.48 Å². The molecular formula is C12H22N2S. The van der Waals surface area contributed by atoms with Crippen LogP contribution in [0.1, 0.15) is 27.7 Å². The average molecular weight is 226 g/mol. The second kappa shape index (κ2) is 6.01. The van der Waals surface area contributed by atoms with Gasteiger partial charge in [0.2, 0.25) is 0 Å². The minimum atomic E-state index is 1.08. The van der Waals surface area contributed by atoms with Gasteiger partial charge in [-0.2, -0.15) is 0 Å². The molecule has 0 aliphatic rings. The van der Waals surface area contributed by atoms with Crippen LogP contribution in [0.4, 0.5) is 10.7 Å². The first kappa shape index (κ1) is 12.4. The van der Waals surface area contributed by atoms with Gasteiger partial charge < -0.3 is 9.80 Å². The number of nitrogens with zero attached hydrogens (tertiary/aromatic N) is 2. The molecule has 86 valence electrons. The van der Waals surface area contributed by atoms with Gasteiger partial charge in [-0.1, -0.05) is 0 Å². The molecule has 1 aromatic rings. The summed E-state index contributed by atoms with van der Waals surface area (Å²) in [6.45, 7) is 13.2. The molecular weight excluding hydrogens is 204 g/mol. The van der Waals surface area contributed by atoms with E-state index in [2.05, 4.69) is 48.9 Å². The Hall–Kier alpha value is -0.700. The standard InChI is InChI=1S/C12H22N2S/c1-5-13(6-2)11-9-10-15-12(11)14(7-3)8-4/h9-10H,5-8H2,1-4H3. The first-order valence-corrected chi connectivity index (χ1v) is 6.73. The molecule has 0 aromatic carbocycles. The van der Waals surface area contributed by atoms with E-state index in [1.165, 1.54) is 10.7 Å². The van der Waals surface area contributed by atoms with Crippen LogP contribution < -0.4 is 9.80 Å². The van der Waals surface area contributed by atoms with Gasteiger partial charge >= 0.3 is 0 Å². The summed E-state index contributed by atoms with van der Waals surface area (Å²) in [6.07, 6.45) is 0. The summed E-state index contributed by atoms with van der Waals surface area (Å²) in [5, 5.41) is 3.62. The van der Waals surface area contributed by atoms with Crippen LogP contribution in [-0.2, 0) is 0 Å². The van der Waals surface area contributed by atoms with Crippen LogP contribution in [0.15, 0.2) is 11.4 Å². The van der Waals surface area contributed by atoms with Gasteiger partial charge in [-0.15, -0.1) is 11.3 Å². The molecule has 0 aliphatic heterocycles. The van der Waals surface area contributed by atoms with Crippen LogP contribution in [0, 0.1) is 0 Å². The third kappa shape index (κ3) is 2.65. The fraction of sp³-hybridized carbons (Fsp3) is 0.667. The van der Waals surface area contributed by atoms with Gasteiger partial charge in [0.15, 0.2) is 0 Å². The van der Waals surface area contributed by atoms with E-state index < -0.39 is 0 Å². The van der Waals surface area contributed by atoms with Crippen molar-refractivity contribution in [3.63, 3.8) is 0 Å². The summed E-state index contributed by atoms with van der Waals surface area (Å²) in [7, 11) is 0. The Balaban J connectivity index is 2.93. The molecule has 0 saturated heterocycles. The van der Waals surface area contributed by atoms with Gasteiger partial charge in [0.1, 0.15) is 5.00 Å². The Bertz CT molecular complexity index is 248. The van der Waals surface area contributed by atoms with E-state index in [-0.39, 0.29) is 0 Å². The van der Waals surface area contributed by atoms with E-state index in [1.807, 2.05) is 11.3 Å². The maximum Gasteiger partial charge on any atom is 0.115 e. The highest BCUT2D eigenvalue weighted by Crippen LogP contribution is 2.35. The highest BCUT2D eigenvalue weighted by molar-refractivity contribution is 7.14. The number of thiophene rings is 1. The Labute approximate surface area is 97.5 Å². The van der Waals surface area contributed by atoms with Crippen molar-refractivity contribution >= 4 is 22.0 Å². The minimum absolute atomic E-state index is 1.08. The lowest BCUT2D eigenvalue weighted by molar-refractivity contribution is 0.842. The predicted octanol–water partition coefficient (Wildman–Crippen LogP) is 3.44. The zero-order chi connectivity index (χ0) is 11.3. The van der Waals surface area contributed by atoms with E-state index in [9.17, 15) is 0 Å². The number of hydrogen-bond acceptors (Lipinski definition) is 3. The molecule has 0 N–H and O–H groups in total. The molecule has 0 radical (unpaired) electrons. The highest BCUT2D eigenvalue weighted by atomic mass is 32.1. The van der Waals surface area contributed by atoms with E-state index in [0.717, 1.165) is 26.2 Å². The van der Waals surface area contributed by atoms with Gasteiger partial charge in [0, 0.05) is 26.2 Å². The normalized spacial score (nSPS) is 10.4. The van der Waals surface area contributed by atoms with Gasteiger partial charge in [-0.3, -0.25) is 0 Å². The molecule has 0 fully saturated rings. The molecule has 1 heterocycles. The molecule has 2 nitrogen and oxygen atoms in total. The summed E-state index contributed by atoms with van der Waals surface area (Å²) in [6, 6.07) is 2.24. The van der Waals surface area contributed by atoms with E-state index in [4.69, 9.17) is 0 Å². The lowest BCUT2D eigenvalue weighted by Crippen LogP contribution is -2.26. The molecule has 3 heteroatoms. The molecule has 15 heavy (non-hydrogen) atoms. The third-order valence-electron chi connectivity index (χ3n) is 2.78. The molecule has 0 saturated carbocycles. The molecule has 0 atom stereocenters. The molecule has 0 unspecified atom stereocenters. The minimum Gasteiger partial charge on any atom is -0.370 e. The maximum absolute atomic E-state index is 2.43.